The van der Waals surface area contributed by atoms with E-state index < -0.39 is 11.8 Å². The van der Waals surface area contributed by atoms with Gasteiger partial charge in [-0.25, -0.2) is 9.18 Å². The van der Waals surface area contributed by atoms with E-state index in [4.69, 9.17) is 9.47 Å². The number of esters is 1. The number of carbonyl (C=O) groups excluding carboxylic acids is 1. The van der Waals surface area contributed by atoms with Crippen molar-refractivity contribution >= 4 is 5.97 Å². The SMILES string of the molecule is COC(=O)c1ccc(COCC2CCOCC2)cc1F. The van der Waals surface area contributed by atoms with Gasteiger partial charge in [0.1, 0.15) is 5.82 Å². The fourth-order valence-electron chi connectivity index (χ4n) is 2.18. The van der Waals surface area contributed by atoms with Crippen LogP contribution in [0.2, 0.25) is 0 Å². The highest BCUT2D eigenvalue weighted by atomic mass is 19.1. The Balaban J connectivity index is 1.84. The Morgan fingerprint density at radius 3 is 2.80 bits per heavy atom. The van der Waals surface area contributed by atoms with Crippen LogP contribution in [0.1, 0.15) is 28.8 Å². The van der Waals surface area contributed by atoms with E-state index in [9.17, 15) is 9.18 Å². The predicted octanol–water partition coefficient (Wildman–Crippen LogP) is 2.56. The quantitative estimate of drug-likeness (QED) is 0.779. The van der Waals surface area contributed by atoms with E-state index in [0.717, 1.165) is 26.1 Å². The van der Waals surface area contributed by atoms with E-state index in [0.29, 0.717) is 24.7 Å². The van der Waals surface area contributed by atoms with Crippen molar-refractivity contribution in [3.8, 4) is 0 Å². The number of ether oxygens (including phenoxy) is 3. The molecule has 1 aliphatic rings. The van der Waals surface area contributed by atoms with Crippen molar-refractivity contribution in [2.75, 3.05) is 26.9 Å². The van der Waals surface area contributed by atoms with E-state index >= 15 is 0 Å². The van der Waals surface area contributed by atoms with E-state index in [1.807, 2.05) is 0 Å². The van der Waals surface area contributed by atoms with Gasteiger partial charge in [-0.3, -0.25) is 0 Å². The number of carbonyl (C=O) groups is 1. The summed E-state index contributed by atoms with van der Waals surface area (Å²) in [5.74, 6) is -0.732. The highest BCUT2D eigenvalue weighted by Crippen LogP contribution is 2.17. The van der Waals surface area contributed by atoms with Crippen molar-refractivity contribution in [3.05, 3.63) is 35.1 Å². The maximum absolute atomic E-state index is 13.7. The largest absolute Gasteiger partial charge is 0.465 e. The number of benzene rings is 1. The van der Waals surface area contributed by atoms with E-state index in [2.05, 4.69) is 4.74 Å². The number of hydrogen-bond acceptors (Lipinski definition) is 4. The maximum Gasteiger partial charge on any atom is 0.340 e. The first-order chi connectivity index (χ1) is 9.70. The standard InChI is InChI=1S/C15H19FO4/c1-18-15(17)13-3-2-12(8-14(13)16)10-20-9-11-4-6-19-7-5-11/h2-3,8,11H,4-7,9-10H2,1H3. The molecule has 0 bridgehead atoms. The van der Waals surface area contributed by atoms with Gasteiger partial charge in [0.25, 0.3) is 0 Å². The van der Waals surface area contributed by atoms with Crippen LogP contribution in [0, 0.1) is 11.7 Å². The predicted molar refractivity (Wildman–Crippen MR) is 70.9 cm³/mol. The Morgan fingerprint density at radius 2 is 2.15 bits per heavy atom. The lowest BCUT2D eigenvalue weighted by atomic mass is 10.0. The summed E-state index contributed by atoms with van der Waals surface area (Å²) in [6.07, 6.45) is 2.02. The van der Waals surface area contributed by atoms with Crippen LogP contribution in [-0.2, 0) is 20.8 Å². The molecule has 20 heavy (non-hydrogen) atoms. The Bertz CT molecular complexity index is 455. The minimum atomic E-state index is -0.669. The van der Waals surface area contributed by atoms with Crippen LogP contribution in [0.5, 0.6) is 0 Å². The third kappa shape index (κ3) is 4.02. The topological polar surface area (TPSA) is 44.8 Å². The molecule has 0 aromatic heterocycles. The Labute approximate surface area is 117 Å². The van der Waals surface area contributed by atoms with Crippen molar-refractivity contribution in [2.24, 2.45) is 5.92 Å². The molecular weight excluding hydrogens is 263 g/mol. The van der Waals surface area contributed by atoms with Gasteiger partial charge >= 0.3 is 5.97 Å². The van der Waals surface area contributed by atoms with Crippen LogP contribution in [0.15, 0.2) is 18.2 Å². The molecule has 1 fully saturated rings. The normalized spacial score (nSPS) is 16.1. The molecule has 0 saturated carbocycles. The summed E-state index contributed by atoms with van der Waals surface area (Å²) in [7, 11) is 1.23. The minimum Gasteiger partial charge on any atom is -0.465 e. The molecule has 1 saturated heterocycles. The number of halogens is 1. The average Bonchev–Trinajstić information content (AvgIpc) is 2.48. The first kappa shape index (κ1) is 14.9. The zero-order valence-electron chi connectivity index (χ0n) is 11.6. The van der Waals surface area contributed by atoms with Gasteiger partial charge in [0.05, 0.1) is 25.9 Å². The highest BCUT2D eigenvalue weighted by molar-refractivity contribution is 5.89. The van der Waals surface area contributed by atoms with Gasteiger partial charge in [-0.1, -0.05) is 6.07 Å². The number of methoxy groups -OCH3 is 1. The summed E-state index contributed by atoms with van der Waals surface area (Å²) in [4.78, 5) is 11.3. The summed E-state index contributed by atoms with van der Waals surface area (Å²) in [6, 6.07) is 4.42. The van der Waals surface area contributed by atoms with Crippen LogP contribution in [0.4, 0.5) is 4.39 Å². The van der Waals surface area contributed by atoms with Gasteiger partial charge in [-0.05, 0) is 36.5 Å². The van der Waals surface area contributed by atoms with Gasteiger partial charge in [0.15, 0.2) is 0 Å². The number of hydrogen-bond donors (Lipinski definition) is 0. The molecule has 2 rings (SSSR count). The zero-order valence-corrected chi connectivity index (χ0v) is 11.6. The van der Waals surface area contributed by atoms with Gasteiger partial charge in [0, 0.05) is 13.2 Å². The molecule has 0 radical (unpaired) electrons. The van der Waals surface area contributed by atoms with Crippen LogP contribution in [0.3, 0.4) is 0 Å². The Hall–Kier alpha value is -1.46. The first-order valence-electron chi connectivity index (χ1n) is 6.73. The second-order valence-electron chi connectivity index (χ2n) is 4.88. The van der Waals surface area contributed by atoms with E-state index in [-0.39, 0.29) is 5.56 Å². The van der Waals surface area contributed by atoms with Crippen LogP contribution in [0.25, 0.3) is 0 Å². The molecule has 1 aliphatic heterocycles. The molecule has 0 amide bonds. The van der Waals surface area contributed by atoms with Crippen molar-refractivity contribution in [2.45, 2.75) is 19.4 Å². The zero-order chi connectivity index (χ0) is 14.4. The van der Waals surface area contributed by atoms with Crippen LogP contribution < -0.4 is 0 Å². The minimum absolute atomic E-state index is 0.0549. The maximum atomic E-state index is 13.7. The van der Waals surface area contributed by atoms with Gasteiger partial charge in [-0.2, -0.15) is 0 Å². The van der Waals surface area contributed by atoms with Crippen molar-refractivity contribution in [1.82, 2.24) is 0 Å². The second-order valence-corrected chi connectivity index (χ2v) is 4.88. The van der Waals surface area contributed by atoms with Crippen molar-refractivity contribution < 1.29 is 23.4 Å². The summed E-state index contributed by atoms with van der Waals surface area (Å²) in [6.45, 7) is 2.58. The lowest BCUT2D eigenvalue weighted by Crippen LogP contribution is -2.20. The van der Waals surface area contributed by atoms with E-state index in [1.165, 1.54) is 19.2 Å². The monoisotopic (exact) mass is 282 g/mol. The molecule has 4 nitrogen and oxygen atoms in total. The lowest BCUT2D eigenvalue weighted by molar-refractivity contribution is 0.0157. The first-order valence-corrected chi connectivity index (χ1v) is 6.73. The average molecular weight is 282 g/mol. The third-order valence-electron chi connectivity index (χ3n) is 3.40. The summed E-state index contributed by atoms with van der Waals surface area (Å²) < 4.78 is 29.1. The lowest BCUT2D eigenvalue weighted by Gasteiger charge is -2.21. The fourth-order valence-corrected chi connectivity index (χ4v) is 2.18. The molecule has 110 valence electrons. The fraction of sp³-hybridized carbons (Fsp3) is 0.533. The third-order valence-corrected chi connectivity index (χ3v) is 3.40. The highest BCUT2D eigenvalue weighted by Gasteiger charge is 2.15. The Kier molecular flexibility index (Phi) is 5.49. The van der Waals surface area contributed by atoms with E-state index in [1.54, 1.807) is 6.07 Å². The summed E-state index contributed by atoms with van der Waals surface area (Å²) >= 11 is 0. The Morgan fingerprint density at radius 1 is 1.40 bits per heavy atom. The molecule has 0 aliphatic carbocycles. The molecule has 0 spiro atoms. The molecular formula is C15H19FO4. The number of rotatable bonds is 5. The summed E-state index contributed by atoms with van der Waals surface area (Å²) in [5.41, 5.74) is 0.655. The smallest absolute Gasteiger partial charge is 0.340 e. The van der Waals surface area contributed by atoms with Crippen LogP contribution >= 0.6 is 0 Å². The van der Waals surface area contributed by atoms with Gasteiger partial charge in [-0.15, -0.1) is 0 Å². The van der Waals surface area contributed by atoms with Crippen LogP contribution in [-0.4, -0.2) is 32.9 Å². The summed E-state index contributed by atoms with van der Waals surface area (Å²) in [5, 5.41) is 0. The molecule has 5 heteroatoms. The van der Waals surface area contributed by atoms with Crippen molar-refractivity contribution in [3.63, 3.8) is 0 Å². The molecule has 1 aromatic carbocycles. The van der Waals surface area contributed by atoms with Crippen molar-refractivity contribution in [1.29, 1.82) is 0 Å². The molecule has 0 N–H and O–H groups in total. The molecule has 0 unspecified atom stereocenters. The van der Waals surface area contributed by atoms with Gasteiger partial charge < -0.3 is 14.2 Å². The van der Waals surface area contributed by atoms with Gasteiger partial charge in [0.2, 0.25) is 0 Å². The second kappa shape index (κ2) is 7.36. The molecule has 1 heterocycles. The molecule has 0 atom stereocenters. The molecule has 1 aromatic rings.